The van der Waals surface area contributed by atoms with Crippen LogP contribution in [0.3, 0.4) is 0 Å². The van der Waals surface area contributed by atoms with Crippen molar-refractivity contribution in [3.05, 3.63) is 69.0 Å². The number of piperazine rings is 1. The zero-order valence-electron chi connectivity index (χ0n) is 14.4. The maximum atomic E-state index is 12.3. The Labute approximate surface area is 172 Å². The maximum Gasteiger partial charge on any atom is 0.286 e. The van der Waals surface area contributed by atoms with Gasteiger partial charge in [-0.3, -0.25) is 4.79 Å². The number of hydrogen-bond acceptors (Lipinski definition) is 4. The first-order valence-corrected chi connectivity index (χ1v) is 10.2. The molecule has 0 saturated carbocycles. The Hall–Kier alpha value is -1.95. The molecule has 4 rings (SSSR count). The van der Waals surface area contributed by atoms with E-state index < -0.39 is 0 Å². The molecule has 0 N–H and O–H groups in total. The number of amides is 1. The largest absolute Gasteiger partial charge is 0.368 e. The summed E-state index contributed by atoms with van der Waals surface area (Å²) in [5.41, 5.74) is 1.95. The number of amidine groups is 1. The van der Waals surface area contributed by atoms with E-state index in [0.29, 0.717) is 9.93 Å². The van der Waals surface area contributed by atoms with Crippen molar-refractivity contribution < 1.29 is 4.79 Å². The van der Waals surface area contributed by atoms with E-state index in [2.05, 4.69) is 20.9 Å². The Balaban J connectivity index is 1.42. The monoisotopic (exact) mass is 417 g/mol. The van der Waals surface area contributed by atoms with Crippen LogP contribution in [0.25, 0.3) is 6.08 Å². The van der Waals surface area contributed by atoms with Gasteiger partial charge in [0.2, 0.25) is 0 Å². The fraction of sp³-hybridized carbons (Fsp3) is 0.200. The van der Waals surface area contributed by atoms with Crippen LogP contribution in [0.5, 0.6) is 0 Å². The SMILES string of the molecule is O=C1N=C(N2CCN(c3cccc(Cl)c3)CC2)S/C1=C\c1ccccc1Cl. The molecular weight excluding hydrogens is 401 g/mol. The highest BCUT2D eigenvalue weighted by atomic mass is 35.5. The minimum atomic E-state index is -0.202. The lowest BCUT2D eigenvalue weighted by molar-refractivity contribution is -0.113. The minimum absolute atomic E-state index is 0.202. The Morgan fingerprint density at radius 1 is 0.963 bits per heavy atom. The van der Waals surface area contributed by atoms with Gasteiger partial charge in [-0.2, -0.15) is 4.99 Å². The molecule has 2 aliphatic rings. The van der Waals surface area contributed by atoms with Crippen molar-refractivity contribution in [1.29, 1.82) is 0 Å². The fourth-order valence-corrected chi connectivity index (χ4v) is 4.43. The van der Waals surface area contributed by atoms with Gasteiger partial charge in [-0.1, -0.05) is 47.5 Å². The number of carbonyl (C=O) groups is 1. The lowest BCUT2D eigenvalue weighted by Crippen LogP contribution is -2.47. The Kier molecular flexibility index (Phi) is 5.43. The molecule has 0 unspecified atom stereocenters. The molecule has 1 fully saturated rings. The highest BCUT2D eigenvalue weighted by molar-refractivity contribution is 8.18. The molecule has 2 aromatic carbocycles. The van der Waals surface area contributed by atoms with Crippen molar-refractivity contribution in [2.45, 2.75) is 0 Å². The molecule has 4 nitrogen and oxygen atoms in total. The lowest BCUT2D eigenvalue weighted by Gasteiger charge is -2.36. The van der Waals surface area contributed by atoms with Gasteiger partial charge in [-0.05, 0) is 47.7 Å². The smallest absolute Gasteiger partial charge is 0.286 e. The lowest BCUT2D eigenvalue weighted by atomic mass is 10.2. The third-order valence-electron chi connectivity index (χ3n) is 4.52. The van der Waals surface area contributed by atoms with Crippen LogP contribution in [-0.4, -0.2) is 42.2 Å². The second kappa shape index (κ2) is 7.97. The van der Waals surface area contributed by atoms with E-state index in [1.165, 1.54) is 11.8 Å². The number of hydrogen-bond donors (Lipinski definition) is 0. The molecule has 0 aromatic heterocycles. The number of anilines is 1. The van der Waals surface area contributed by atoms with E-state index in [0.717, 1.165) is 47.6 Å². The van der Waals surface area contributed by atoms with Gasteiger partial charge in [0.05, 0.1) is 4.91 Å². The number of thioether (sulfide) groups is 1. The number of nitrogens with zero attached hydrogens (tertiary/aromatic N) is 3. The summed E-state index contributed by atoms with van der Waals surface area (Å²) in [6.07, 6.45) is 1.81. The van der Waals surface area contributed by atoms with E-state index in [1.807, 2.05) is 48.5 Å². The molecule has 0 atom stereocenters. The van der Waals surface area contributed by atoms with Crippen LogP contribution >= 0.6 is 35.0 Å². The van der Waals surface area contributed by atoms with Gasteiger partial charge in [0.15, 0.2) is 5.17 Å². The number of halogens is 2. The molecule has 2 heterocycles. The van der Waals surface area contributed by atoms with Crippen LogP contribution in [-0.2, 0) is 4.79 Å². The van der Waals surface area contributed by atoms with Crippen molar-refractivity contribution in [2.24, 2.45) is 4.99 Å². The summed E-state index contributed by atoms with van der Waals surface area (Å²) in [7, 11) is 0. The van der Waals surface area contributed by atoms with Gasteiger partial charge in [-0.25, -0.2) is 0 Å². The highest BCUT2D eigenvalue weighted by Gasteiger charge is 2.28. The zero-order chi connectivity index (χ0) is 18.8. The Morgan fingerprint density at radius 2 is 1.70 bits per heavy atom. The average molecular weight is 418 g/mol. The number of aliphatic imine (C=N–C) groups is 1. The Bertz CT molecular complexity index is 936. The number of rotatable bonds is 2. The first kappa shape index (κ1) is 18.4. The topological polar surface area (TPSA) is 35.9 Å². The molecular formula is C20H17Cl2N3OS. The van der Waals surface area contributed by atoms with Gasteiger partial charge in [-0.15, -0.1) is 0 Å². The summed E-state index contributed by atoms with van der Waals surface area (Å²) < 4.78 is 0. The molecule has 0 bridgehead atoms. The molecule has 0 radical (unpaired) electrons. The van der Waals surface area contributed by atoms with Crippen LogP contribution in [0.4, 0.5) is 5.69 Å². The third-order valence-corrected chi connectivity index (χ3v) is 6.15. The predicted octanol–water partition coefficient (Wildman–Crippen LogP) is 4.79. The van der Waals surface area contributed by atoms with Crippen molar-refractivity contribution in [1.82, 2.24) is 4.90 Å². The molecule has 0 spiro atoms. The zero-order valence-corrected chi connectivity index (χ0v) is 16.8. The van der Waals surface area contributed by atoms with Crippen LogP contribution in [0.2, 0.25) is 10.0 Å². The quantitative estimate of drug-likeness (QED) is 0.658. The molecule has 2 aliphatic heterocycles. The van der Waals surface area contributed by atoms with Crippen molar-refractivity contribution in [3.63, 3.8) is 0 Å². The number of benzene rings is 2. The summed E-state index contributed by atoms with van der Waals surface area (Å²) in [4.78, 5) is 21.6. The summed E-state index contributed by atoms with van der Waals surface area (Å²) in [6, 6.07) is 15.4. The van der Waals surface area contributed by atoms with Gasteiger partial charge in [0, 0.05) is 41.9 Å². The van der Waals surface area contributed by atoms with Crippen LogP contribution < -0.4 is 4.90 Å². The molecule has 0 aliphatic carbocycles. The summed E-state index contributed by atoms with van der Waals surface area (Å²) >= 11 is 13.7. The predicted molar refractivity (Wildman–Crippen MR) is 115 cm³/mol. The van der Waals surface area contributed by atoms with Gasteiger partial charge >= 0.3 is 0 Å². The van der Waals surface area contributed by atoms with Crippen molar-refractivity contribution in [3.8, 4) is 0 Å². The maximum absolute atomic E-state index is 12.3. The molecule has 27 heavy (non-hydrogen) atoms. The second-order valence-corrected chi connectivity index (χ2v) is 8.14. The highest BCUT2D eigenvalue weighted by Crippen LogP contribution is 2.32. The Morgan fingerprint density at radius 3 is 2.44 bits per heavy atom. The first-order valence-electron chi connectivity index (χ1n) is 8.63. The van der Waals surface area contributed by atoms with E-state index in [1.54, 1.807) is 0 Å². The van der Waals surface area contributed by atoms with Gasteiger partial charge in [0.25, 0.3) is 5.91 Å². The van der Waals surface area contributed by atoms with Crippen LogP contribution in [0, 0.1) is 0 Å². The summed E-state index contributed by atoms with van der Waals surface area (Å²) in [5, 5.41) is 2.14. The van der Waals surface area contributed by atoms with Crippen LogP contribution in [0.15, 0.2) is 58.4 Å². The fourth-order valence-electron chi connectivity index (χ4n) is 3.10. The molecule has 2 aromatic rings. The number of carbonyl (C=O) groups excluding carboxylic acids is 1. The molecule has 138 valence electrons. The van der Waals surface area contributed by atoms with Crippen molar-refractivity contribution >= 4 is 57.8 Å². The minimum Gasteiger partial charge on any atom is -0.368 e. The van der Waals surface area contributed by atoms with Gasteiger partial charge < -0.3 is 9.80 Å². The molecule has 1 saturated heterocycles. The van der Waals surface area contributed by atoms with E-state index in [-0.39, 0.29) is 5.91 Å². The molecule has 7 heteroatoms. The summed E-state index contributed by atoms with van der Waals surface area (Å²) in [6.45, 7) is 3.34. The first-order chi connectivity index (χ1) is 13.1. The average Bonchev–Trinajstić information content (AvgIpc) is 3.04. The van der Waals surface area contributed by atoms with E-state index in [9.17, 15) is 4.79 Å². The second-order valence-electron chi connectivity index (χ2n) is 6.29. The standard InChI is InChI=1S/C20H17Cl2N3OS/c21-15-5-3-6-16(13-15)24-8-10-25(11-9-24)20-23-19(26)18(27-20)12-14-4-1-2-7-17(14)22/h1-7,12-13H,8-11H2/b18-12-. The van der Waals surface area contributed by atoms with Crippen molar-refractivity contribution in [2.75, 3.05) is 31.1 Å². The van der Waals surface area contributed by atoms with Crippen LogP contribution in [0.1, 0.15) is 5.56 Å². The van der Waals surface area contributed by atoms with Gasteiger partial charge in [0.1, 0.15) is 0 Å². The normalized spacial score (nSPS) is 19.0. The van der Waals surface area contributed by atoms with E-state index >= 15 is 0 Å². The third kappa shape index (κ3) is 4.15. The van der Waals surface area contributed by atoms with E-state index in [4.69, 9.17) is 23.2 Å². The summed E-state index contributed by atoms with van der Waals surface area (Å²) in [5.74, 6) is -0.202. The molecule has 1 amide bonds.